The molecular weight excluding hydrogens is 1260 g/mol. The molecule has 0 bridgehead atoms. The number of nitrogen functional groups attached to an aromatic ring is 2. The number of nitrogens with one attached hydrogen (secondary N) is 4. The molecule has 0 fully saturated rings. The van der Waals surface area contributed by atoms with Crippen LogP contribution < -0.4 is 46.9 Å². The van der Waals surface area contributed by atoms with E-state index in [1.807, 2.05) is 78.9 Å². The standard InChI is InChI=1S/C19H20N4O.C18H18N4O2.C16H11N5O5.C16H12N4O4/c1-12-4-6-15(10-13(12)2)22-19-21-9-8-17(23-19)14-5-7-18(24-3)16(20)11-14;1-23-14-6-4-13(5-7-14)21-18-20-10-9-16(22-18)12-3-8-17(24-2)15(19)11-12;22-15-5-4-10(8-14(15)21(25)26)13-6-7-17-16(19-13)18-11-2-1-3-12(9-11)20(23)24;21-12-3-1-2-11(9-12)18-16-17-7-6-13(19-16)10-4-5-15(22)14(8-10)20(23)24/h4-11H,20H2,1-3H3,(H,21,22,23);3-11H,19H2,1-2H3,(H,20,21,22);1-9,22H,(H,17,18,19);1-9,21-22H,(H,17,18,19). The first-order valence-corrected chi connectivity index (χ1v) is 29.2. The van der Waals surface area contributed by atoms with E-state index in [2.05, 4.69) is 87.1 Å². The molecule has 0 saturated heterocycles. The zero-order valence-electron chi connectivity index (χ0n) is 52.8. The normalized spacial score (nSPS) is 10.3. The lowest BCUT2D eigenvalue weighted by atomic mass is 10.1. The van der Waals surface area contributed by atoms with Crippen molar-refractivity contribution in [3.05, 3.63) is 254 Å². The molecule has 98 heavy (non-hydrogen) atoms. The second-order valence-corrected chi connectivity index (χ2v) is 20.8. The number of methoxy groups -OCH3 is 3. The molecule has 0 spiro atoms. The van der Waals surface area contributed by atoms with Crippen molar-refractivity contribution in [1.82, 2.24) is 39.9 Å². The number of phenols is 3. The number of nitrogens with two attached hydrogens (primary N) is 2. The molecule has 0 unspecified atom stereocenters. The van der Waals surface area contributed by atoms with Crippen molar-refractivity contribution in [1.29, 1.82) is 0 Å². The Balaban J connectivity index is 0.000000153. The van der Waals surface area contributed by atoms with Crippen molar-refractivity contribution < 1.29 is 44.3 Å². The third kappa shape index (κ3) is 18.3. The van der Waals surface area contributed by atoms with Gasteiger partial charge in [0.1, 0.15) is 23.0 Å². The summed E-state index contributed by atoms with van der Waals surface area (Å²) in [5, 5.41) is 73.4. The minimum Gasteiger partial charge on any atom is -0.508 e. The topological polar surface area (TPSA) is 421 Å². The van der Waals surface area contributed by atoms with Crippen LogP contribution in [0.15, 0.2) is 213 Å². The maximum Gasteiger partial charge on any atom is 0.311 e. The lowest BCUT2D eigenvalue weighted by molar-refractivity contribution is -0.385. The van der Waals surface area contributed by atoms with E-state index in [0.717, 1.165) is 39.6 Å². The summed E-state index contributed by atoms with van der Waals surface area (Å²) in [6.45, 7) is 4.17. The molecule has 4 heterocycles. The molecule has 4 aromatic heterocycles. The molecular formula is C69H61N17O12. The maximum absolute atomic E-state index is 10.9. The fourth-order valence-electron chi connectivity index (χ4n) is 9.05. The smallest absolute Gasteiger partial charge is 0.311 e. The fourth-order valence-corrected chi connectivity index (χ4v) is 9.05. The van der Waals surface area contributed by atoms with E-state index in [-0.39, 0.29) is 23.3 Å². The van der Waals surface area contributed by atoms with Crippen molar-refractivity contribution in [3.63, 3.8) is 0 Å². The number of benzene rings is 8. The number of nitro groups is 3. The zero-order valence-corrected chi connectivity index (χ0v) is 52.8. The summed E-state index contributed by atoms with van der Waals surface area (Å²) in [5.41, 5.74) is 22.6. The van der Waals surface area contributed by atoms with Gasteiger partial charge in [0.25, 0.3) is 5.69 Å². The molecule has 0 aliphatic rings. The summed E-state index contributed by atoms with van der Waals surface area (Å²) >= 11 is 0. The SMILES string of the molecule is COc1ccc(-c2ccnc(Nc3ccc(C)c(C)c3)n2)cc1N.COc1ccc(Nc2nccc(-c3ccc(OC)c(N)c3)n2)cc1.O=[N+]([O-])c1cc(-c2ccnc(Nc3cccc(O)c3)n2)ccc1O.O=[N+]([O-])c1cccc(Nc2nccc(-c3ccc(O)c([N+](=O)[O-])c3)n2)c1. The molecule has 494 valence electrons. The lowest BCUT2D eigenvalue weighted by Gasteiger charge is -2.10. The van der Waals surface area contributed by atoms with Gasteiger partial charge in [-0.3, -0.25) is 30.3 Å². The average Bonchev–Trinajstić information content (AvgIpc) is 0.943. The molecule has 0 aliphatic carbocycles. The molecule has 8 aromatic carbocycles. The quantitative estimate of drug-likeness (QED) is 0.0219. The largest absolute Gasteiger partial charge is 0.508 e. The van der Waals surface area contributed by atoms with Gasteiger partial charge in [-0.15, -0.1) is 0 Å². The Morgan fingerprint density at radius 1 is 0.388 bits per heavy atom. The van der Waals surface area contributed by atoms with Crippen LogP contribution in [0, 0.1) is 44.2 Å². The van der Waals surface area contributed by atoms with Gasteiger partial charge in [-0.25, -0.2) is 39.9 Å². The molecule has 12 rings (SSSR count). The number of anilines is 10. The second-order valence-electron chi connectivity index (χ2n) is 20.8. The summed E-state index contributed by atoms with van der Waals surface area (Å²) in [7, 11) is 4.82. The van der Waals surface area contributed by atoms with Crippen LogP contribution in [0.5, 0.6) is 34.5 Å². The van der Waals surface area contributed by atoms with Crippen LogP contribution in [0.2, 0.25) is 0 Å². The second kappa shape index (κ2) is 31.9. The third-order valence-electron chi connectivity index (χ3n) is 14.1. The number of ether oxygens (including phenoxy) is 3. The molecule has 29 heteroatoms. The Hall–Kier alpha value is -14.1. The number of nitro benzene ring substituents is 3. The lowest BCUT2D eigenvalue weighted by Crippen LogP contribution is -1.99. The number of hydrogen-bond donors (Lipinski definition) is 9. The van der Waals surface area contributed by atoms with Crippen LogP contribution in [0.1, 0.15) is 11.1 Å². The van der Waals surface area contributed by atoms with Gasteiger partial charge < -0.3 is 62.3 Å². The van der Waals surface area contributed by atoms with Gasteiger partial charge in [-0.1, -0.05) is 18.2 Å². The Morgan fingerprint density at radius 2 is 0.776 bits per heavy atom. The predicted molar refractivity (Wildman–Crippen MR) is 372 cm³/mol. The van der Waals surface area contributed by atoms with Gasteiger partial charge in [-0.05, 0) is 165 Å². The van der Waals surface area contributed by atoms with Crippen LogP contribution in [-0.4, -0.2) is 91.3 Å². The first-order chi connectivity index (χ1) is 47.2. The number of rotatable bonds is 18. The maximum atomic E-state index is 10.9. The van der Waals surface area contributed by atoms with Crippen molar-refractivity contribution in [2.75, 3.05) is 54.1 Å². The molecule has 0 saturated carbocycles. The van der Waals surface area contributed by atoms with Crippen LogP contribution >= 0.6 is 0 Å². The van der Waals surface area contributed by atoms with E-state index in [4.69, 9.17) is 25.7 Å². The molecule has 12 aromatic rings. The average molecular weight is 1320 g/mol. The summed E-state index contributed by atoms with van der Waals surface area (Å²) in [4.78, 5) is 65.1. The number of aryl methyl sites for hydroxylation is 2. The Labute approximate surface area is 558 Å². The molecule has 0 aliphatic heterocycles. The summed E-state index contributed by atoms with van der Waals surface area (Å²) in [5.74, 6) is 2.84. The highest BCUT2D eigenvalue weighted by molar-refractivity contribution is 5.73. The number of nitrogens with zero attached hydrogens (tertiary/aromatic N) is 11. The molecule has 11 N–H and O–H groups in total. The summed E-state index contributed by atoms with van der Waals surface area (Å²) < 4.78 is 15.5. The monoisotopic (exact) mass is 1320 g/mol. The summed E-state index contributed by atoms with van der Waals surface area (Å²) in [6, 6.07) is 52.0. The van der Waals surface area contributed by atoms with Crippen LogP contribution in [0.25, 0.3) is 45.0 Å². The van der Waals surface area contributed by atoms with Crippen LogP contribution in [0.3, 0.4) is 0 Å². The first-order valence-electron chi connectivity index (χ1n) is 29.2. The van der Waals surface area contributed by atoms with Crippen molar-refractivity contribution in [3.8, 4) is 79.5 Å². The zero-order chi connectivity index (χ0) is 69.8. The molecule has 0 atom stereocenters. The van der Waals surface area contributed by atoms with E-state index < -0.39 is 37.6 Å². The highest BCUT2D eigenvalue weighted by Gasteiger charge is 2.18. The van der Waals surface area contributed by atoms with Crippen molar-refractivity contribution in [2.45, 2.75) is 13.8 Å². The highest BCUT2D eigenvalue weighted by Crippen LogP contribution is 2.35. The van der Waals surface area contributed by atoms with Gasteiger partial charge >= 0.3 is 11.4 Å². The van der Waals surface area contributed by atoms with Gasteiger partial charge in [0.15, 0.2) is 11.5 Å². The van der Waals surface area contributed by atoms with E-state index in [1.54, 1.807) is 64.1 Å². The van der Waals surface area contributed by atoms with E-state index >= 15 is 0 Å². The number of phenolic OH excluding ortho intramolecular Hbond substituents is 3. The first kappa shape index (κ1) is 68.3. The van der Waals surface area contributed by atoms with Crippen LogP contribution in [-0.2, 0) is 0 Å². The Morgan fingerprint density at radius 3 is 1.16 bits per heavy atom. The van der Waals surface area contributed by atoms with Crippen molar-refractivity contribution >= 4 is 75.0 Å². The van der Waals surface area contributed by atoms with E-state index in [9.17, 15) is 45.7 Å². The number of aromatic hydroxyl groups is 3. The third-order valence-corrected chi connectivity index (χ3v) is 14.1. The van der Waals surface area contributed by atoms with Crippen molar-refractivity contribution in [2.24, 2.45) is 0 Å². The Bertz CT molecular complexity index is 4840. The summed E-state index contributed by atoms with van der Waals surface area (Å²) in [6.07, 6.45) is 6.38. The highest BCUT2D eigenvalue weighted by atomic mass is 16.6. The van der Waals surface area contributed by atoms with Gasteiger partial charge in [0, 0.05) is 100 Å². The van der Waals surface area contributed by atoms with Gasteiger partial charge in [0.2, 0.25) is 23.8 Å². The predicted octanol–water partition coefficient (Wildman–Crippen LogP) is 14.2. The van der Waals surface area contributed by atoms with E-state index in [1.165, 1.54) is 90.3 Å². The Kier molecular flexibility index (Phi) is 22.3. The molecule has 0 amide bonds. The number of non-ortho nitro benzene ring substituents is 1. The minimum atomic E-state index is -0.692. The van der Waals surface area contributed by atoms with Crippen LogP contribution in [0.4, 0.5) is 75.0 Å². The molecule has 29 nitrogen and oxygen atoms in total. The van der Waals surface area contributed by atoms with E-state index in [0.29, 0.717) is 68.7 Å². The fraction of sp³-hybridized carbons (Fsp3) is 0.0725. The van der Waals surface area contributed by atoms with Gasteiger partial charge in [0.05, 0.1) is 70.2 Å². The number of aromatic nitrogens is 8. The molecule has 0 radical (unpaired) electrons. The minimum absolute atomic E-state index is 0.0830. The van der Waals surface area contributed by atoms with Gasteiger partial charge in [-0.2, -0.15) is 0 Å². The number of hydrogen-bond acceptors (Lipinski definition) is 26.